The number of rotatable bonds is 4. The Morgan fingerprint density at radius 2 is 1.72 bits per heavy atom. The van der Waals surface area contributed by atoms with Crippen LogP contribution in [-0.4, -0.2) is 53.4 Å². The normalized spacial score (nSPS) is 14.5. The minimum absolute atomic E-state index is 0.0719. The Morgan fingerprint density at radius 3 is 2.28 bits per heavy atom. The molecule has 1 fully saturated rings. The smallest absolute Gasteiger partial charge is 0.320 e. The van der Waals surface area contributed by atoms with Crippen LogP contribution in [0.1, 0.15) is 13.8 Å². The molecule has 25 heavy (non-hydrogen) atoms. The van der Waals surface area contributed by atoms with E-state index in [1.54, 1.807) is 6.07 Å². The quantitative estimate of drug-likeness (QED) is 0.881. The number of nitrogens with zero attached hydrogens (tertiary/aromatic N) is 5. The number of hydrogen-bond acceptors (Lipinski definition) is 6. The second kappa shape index (κ2) is 7.78. The molecule has 2 N–H and O–H groups in total. The van der Waals surface area contributed by atoms with Gasteiger partial charge in [-0.15, -0.1) is 10.2 Å². The van der Waals surface area contributed by atoms with Gasteiger partial charge in [-0.05, 0) is 38.1 Å². The van der Waals surface area contributed by atoms with Crippen LogP contribution >= 0.6 is 0 Å². The molecule has 2 amide bonds. The van der Waals surface area contributed by atoms with Crippen molar-refractivity contribution in [3.63, 3.8) is 0 Å². The number of carbonyl (C=O) groups is 1. The molecule has 0 atom stereocenters. The van der Waals surface area contributed by atoms with Gasteiger partial charge in [-0.3, -0.25) is 5.32 Å². The fourth-order valence-corrected chi connectivity index (χ4v) is 2.68. The fraction of sp³-hybridized carbons (Fsp3) is 0.412. The lowest BCUT2D eigenvalue weighted by atomic mass is 10.3. The molecule has 1 saturated heterocycles. The summed E-state index contributed by atoms with van der Waals surface area (Å²) < 4.78 is 0. The summed E-state index contributed by atoms with van der Waals surface area (Å²) in [5, 5.41) is 13.7. The summed E-state index contributed by atoms with van der Waals surface area (Å²) in [6, 6.07) is 9.40. The monoisotopic (exact) mass is 341 g/mol. The van der Waals surface area contributed by atoms with E-state index in [9.17, 15) is 4.79 Å². The molecule has 8 heteroatoms. The van der Waals surface area contributed by atoms with Crippen molar-refractivity contribution in [1.82, 2.24) is 20.5 Å². The minimum Gasteiger partial charge on any atom is -0.353 e. The Hall–Kier alpha value is -2.90. The molecule has 0 spiro atoms. The maximum absolute atomic E-state index is 11.7. The van der Waals surface area contributed by atoms with E-state index in [4.69, 9.17) is 0 Å². The number of carbonyl (C=O) groups excluding carboxylic acids is 1. The van der Waals surface area contributed by atoms with Crippen LogP contribution in [0.2, 0.25) is 0 Å². The predicted octanol–water partition coefficient (Wildman–Crippen LogP) is 1.73. The first kappa shape index (κ1) is 16.9. The van der Waals surface area contributed by atoms with E-state index in [0.29, 0.717) is 5.82 Å². The predicted molar refractivity (Wildman–Crippen MR) is 98.0 cm³/mol. The maximum Gasteiger partial charge on any atom is 0.320 e. The van der Waals surface area contributed by atoms with Crippen LogP contribution in [0.5, 0.6) is 0 Å². The van der Waals surface area contributed by atoms with Gasteiger partial charge in [0.25, 0.3) is 0 Å². The maximum atomic E-state index is 11.7. The molecule has 1 aliphatic heterocycles. The van der Waals surface area contributed by atoms with E-state index in [1.165, 1.54) is 0 Å². The number of aromatic nitrogens is 3. The van der Waals surface area contributed by atoms with Gasteiger partial charge >= 0.3 is 6.03 Å². The van der Waals surface area contributed by atoms with Gasteiger partial charge in [0.05, 0.1) is 0 Å². The Balaban J connectivity index is 1.54. The molecule has 1 aliphatic rings. The first-order valence-corrected chi connectivity index (χ1v) is 8.44. The molecule has 0 bridgehead atoms. The van der Waals surface area contributed by atoms with Crippen LogP contribution in [0.3, 0.4) is 0 Å². The topological polar surface area (TPSA) is 86.3 Å². The number of nitrogens with one attached hydrogen (secondary N) is 2. The SMILES string of the molecule is CC(C)NC(=O)Nc1ccc(N2CCN(c3ccccn3)CC2)nn1. The van der Waals surface area contributed by atoms with E-state index < -0.39 is 0 Å². The first-order chi connectivity index (χ1) is 12.1. The molecule has 0 unspecified atom stereocenters. The van der Waals surface area contributed by atoms with Crippen molar-refractivity contribution < 1.29 is 4.79 Å². The van der Waals surface area contributed by atoms with E-state index in [1.807, 2.05) is 44.3 Å². The standard InChI is InChI=1S/C17H23N7O/c1-13(2)19-17(25)20-14-6-7-16(22-21-14)24-11-9-23(10-12-24)15-5-3-4-8-18-15/h3-8,13H,9-12H2,1-2H3,(H2,19,20,21,25). The zero-order valence-corrected chi connectivity index (χ0v) is 14.5. The molecular formula is C17H23N7O. The summed E-state index contributed by atoms with van der Waals surface area (Å²) >= 11 is 0. The van der Waals surface area contributed by atoms with Crippen LogP contribution < -0.4 is 20.4 Å². The first-order valence-electron chi connectivity index (χ1n) is 8.44. The van der Waals surface area contributed by atoms with Crippen molar-refractivity contribution >= 4 is 23.5 Å². The lowest BCUT2D eigenvalue weighted by Crippen LogP contribution is -2.47. The van der Waals surface area contributed by atoms with Crippen LogP contribution in [0.25, 0.3) is 0 Å². The second-order valence-electron chi connectivity index (χ2n) is 6.19. The van der Waals surface area contributed by atoms with Crippen LogP contribution in [0.15, 0.2) is 36.5 Å². The van der Waals surface area contributed by atoms with Crippen molar-refractivity contribution in [2.75, 3.05) is 41.3 Å². The third kappa shape index (κ3) is 4.56. The number of anilines is 3. The zero-order chi connectivity index (χ0) is 17.6. The van der Waals surface area contributed by atoms with E-state index >= 15 is 0 Å². The highest BCUT2D eigenvalue weighted by molar-refractivity contribution is 5.88. The van der Waals surface area contributed by atoms with Crippen molar-refractivity contribution in [1.29, 1.82) is 0 Å². The molecule has 2 aromatic heterocycles. The van der Waals surface area contributed by atoms with Crippen molar-refractivity contribution in [2.24, 2.45) is 0 Å². The number of hydrogen-bond donors (Lipinski definition) is 2. The highest BCUT2D eigenvalue weighted by Gasteiger charge is 2.19. The van der Waals surface area contributed by atoms with Crippen molar-refractivity contribution in [2.45, 2.75) is 19.9 Å². The molecule has 2 aromatic rings. The molecule has 3 heterocycles. The molecule has 0 radical (unpaired) electrons. The van der Waals surface area contributed by atoms with E-state index in [2.05, 4.69) is 35.6 Å². The lowest BCUT2D eigenvalue weighted by molar-refractivity contribution is 0.250. The van der Waals surface area contributed by atoms with E-state index in [0.717, 1.165) is 37.8 Å². The second-order valence-corrected chi connectivity index (χ2v) is 6.19. The Labute approximate surface area is 147 Å². The van der Waals surface area contributed by atoms with Gasteiger partial charge in [0.15, 0.2) is 11.6 Å². The van der Waals surface area contributed by atoms with Gasteiger partial charge in [-0.25, -0.2) is 9.78 Å². The summed E-state index contributed by atoms with van der Waals surface area (Å²) in [5.74, 6) is 2.26. The molecule has 3 rings (SSSR count). The van der Waals surface area contributed by atoms with Crippen molar-refractivity contribution in [3.8, 4) is 0 Å². The van der Waals surface area contributed by atoms with Gasteiger partial charge in [-0.2, -0.15) is 0 Å². The minimum atomic E-state index is -0.277. The summed E-state index contributed by atoms with van der Waals surface area (Å²) in [6.07, 6.45) is 1.81. The Bertz CT molecular complexity index is 682. The highest BCUT2D eigenvalue weighted by atomic mass is 16.2. The van der Waals surface area contributed by atoms with Crippen molar-refractivity contribution in [3.05, 3.63) is 36.5 Å². The average molecular weight is 341 g/mol. The Kier molecular flexibility index (Phi) is 5.27. The number of amides is 2. The van der Waals surface area contributed by atoms with Gasteiger partial charge < -0.3 is 15.1 Å². The molecule has 8 nitrogen and oxygen atoms in total. The van der Waals surface area contributed by atoms with Gasteiger partial charge in [0, 0.05) is 38.4 Å². The largest absolute Gasteiger partial charge is 0.353 e. The summed E-state index contributed by atoms with van der Waals surface area (Å²) in [4.78, 5) is 20.5. The van der Waals surface area contributed by atoms with Crippen LogP contribution in [-0.2, 0) is 0 Å². The number of pyridine rings is 1. The highest BCUT2D eigenvalue weighted by Crippen LogP contribution is 2.17. The zero-order valence-electron chi connectivity index (χ0n) is 14.5. The fourth-order valence-electron chi connectivity index (χ4n) is 2.68. The third-order valence-electron chi connectivity index (χ3n) is 3.89. The summed E-state index contributed by atoms with van der Waals surface area (Å²) in [6.45, 7) is 7.28. The lowest BCUT2D eigenvalue weighted by Gasteiger charge is -2.35. The summed E-state index contributed by atoms with van der Waals surface area (Å²) in [7, 11) is 0. The van der Waals surface area contributed by atoms with Gasteiger partial charge in [-0.1, -0.05) is 6.07 Å². The van der Waals surface area contributed by atoms with Crippen LogP contribution in [0.4, 0.5) is 22.2 Å². The average Bonchev–Trinajstić information content (AvgIpc) is 2.62. The van der Waals surface area contributed by atoms with Gasteiger partial charge in [0.1, 0.15) is 5.82 Å². The third-order valence-corrected chi connectivity index (χ3v) is 3.89. The molecule has 0 aliphatic carbocycles. The number of piperazine rings is 1. The van der Waals surface area contributed by atoms with Crippen LogP contribution in [0, 0.1) is 0 Å². The van der Waals surface area contributed by atoms with Gasteiger partial charge in [0.2, 0.25) is 0 Å². The van der Waals surface area contributed by atoms with E-state index in [-0.39, 0.29) is 12.1 Å². The number of urea groups is 1. The molecule has 132 valence electrons. The Morgan fingerprint density at radius 1 is 1.00 bits per heavy atom. The summed E-state index contributed by atoms with van der Waals surface area (Å²) in [5.41, 5.74) is 0. The molecule has 0 saturated carbocycles. The molecular weight excluding hydrogens is 318 g/mol. The molecule has 0 aromatic carbocycles.